The lowest BCUT2D eigenvalue weighted by Crippen LogP contribution is -1.84. The van der Waals surface area contributed by atoms with Crippen molar-refractivity contribution in [2.75, 3.05) is 0 Å². The standard InChI is InChI=1S/C20H15BrN2S/c1-2-14-6-8-15(9-7-14)10-17(12-22)20-23-19(13-24-20)16-4-3-5-18(21)11-16/h3-11,13H,2H2,1H3/b17-10-. The lowest BCUT2D eigenvalue weighted by molar-refractivity contribution is 1.14. The van der Waals surface area contributed by atoms with Gasteiger partial charge in [0.05, 0.1) is 11.3 Å². The molecule has 0 unspecified atom stereocenters. The molecule has 3 aromatic rings. The Morgan fingerprint density at radius 1 is 1.25 bits per heavy atom. The largest absolute Gasteiger partial charge is 0.235 e. The number of nitrogens with zero attached hydrogens (tertiary/aromatic N) is 2. The summed E-state index contributed by atoms with van der Waals surface area (Å²) in [4.78, 5) is 4.63. The number of nitriles is 1. The number of hydrogen-bond donors (Lipinski definition) is 0. The minimum absolute atomic E-state index is 0.588. The molecule has 0 aliphatic carbocycles. The van der Waals surface area contributed by atoms with Gasteiger partial charge in [0, 0.05) is 15.4 Å². The van der Waals surface area contributed by atoms with Crippen molar-refractivity contribution in [1.82, 2.24) is 4.98 Å². The molecule has 0 atom stereocenters. The van der Waals surface area contributed by atoms with E-state index in [9.17, 15) is 5.26 Å². The number of thiazole rings is 1. The van der Waals surface area contributed by atoms with E-state index in [1.807, 2.05) is 47.9 Å². The Balaban J connectivity index is 1.91. The fourth-order valence-electron chi connectivity index (χ4n) is 2.34. The number of halogens is 1. The summed E-state index contributed by atoms with van der Waals surface area (Å²) >= 11 is 4.97. The van der Waals surface area contributed by atoms with E-state index < -0.39 is 0 Å². The smallest absolute Gasteiger partial charge is 0.134 e. The average molecular weight is 395 g/mol. The number of aromatic nitrogens is 1. The molecular weight excluding hydrogens is 380 g/mol. The van der Waals surface area contributed by atoms with Gasteiger partial charge in [-0.15, -0.1) is 11.3 Å². The van der Waals surface area contributed by atoms with Crippen molar-refractivity contribution < 1.29 is 0 Å². The number of hydrogen-bond acceptors (Lipinski definition) is 3. The number of allylic oxidation sites excluding steroid dienone is 1. The second kappa shape index (κ2) is 7.57. The molecule has 0 N–H and O–H groups in total. The Bertz CT molecular complexity index is 917. The zero-order chi connectivity index (χ0) is 16.9. The summed E-state index contributed by atoms with van der Waals surface area (Å²) in [7, 11) is 0. The van der Waals surface area contributed by atoms with Crippen LogP contribution in [0.4, 0.5) is 0 Å². The molecule has 1 aromatic heterocycles. The van der Waals surface area contributed by atoms with E-state index in [0.717, 1.165) is 32.7 Å². The molecule has 0 saturated carbocycles. The molecule has 0 aliphatic rings. The molecule has 0 radical (unpaired) electrons. The van der Waals surface area contributed by atoms with E-state index in [4.69, 9.17) is 0 Å². The Hall–Kier alpha value is -2.22. The van der Waals surface area contributed by atoms with E-state index in [1.165, 1.54) is 16.9 Å². The van der Waals surface area contributed by atoms with Gasteiger partial charge in [-0.05, 0) is 35.8 Å². The molecule has 0 fully saturated rings. The predicted octanol–water partition coefficient (Wildman–Crippen LogP) is 6.20. The summed E-state index contributed by atoms with van der Waals surface area (Å²) in [5.74, 6) is 0. The summed E-state index contributed by atoms with van der Waals surface area (Å²) in [5, 5.41) is 12.2. The lowest BCUT2D eigenvalue weighted by Gasteiger charge is -1.99. The molecule has 2 nitrogen and oxygen atoms in total. The van der Waals surface area contributed by atoms with Gasteiger partial charge in [-0.2, -0.15) is 5.26 Å². The summed E-state index contributed by atoms with van der Waals surface area (Å²) in [6, 6.07) is 18.5. The number of aryl methyl sites for hydroxylation is 1. The van der Waals surface area contributed by atoms with Gasteiger partial charge in [0.15, 0.2) is 0 Å². The quantitative estimate of drug-likeness (QED) is 0.493. The van der Waals surface area contributed by atoms with E-state index in [0.29, 0.717) is 5.57 Å². The fourth-order valence-corrected chi connectivity index (χ4v) is 3.53. The summed E-state index contributed by atoms with van der Waals surface area (Å²) < 4.78 is 1.02. The van der Waals surface area contributed by atoms with E-state index >= 15 is 0 Å². The highest BCUT2D eigenvalue weighted by Gasteiger charge is 2.09. The molecule has 118 valence electrons. The van der Waals surface area contributed by atoms with Gasteiger partial charge in [-0.1, -0.05) is 59.3 Å². The second-order valence-corrected chi connectivity index (χ2v) is 7.09. The average Bonchev–Trinajstić information content (AvgIpc) is 3.10. The molecular formula is C20H15BrN2S. The van der Waals surface area contributed by atoms with Crippen LogP contribution >= 0.6 is 27.3 Å². The lowest BCUT2D eigenvalue weighted by atomic mass is 10.1. The molecule has 4 heteroatoms. The maximum Gasteiger partial charge on any atom is 0.134 e. The van der Waals surface area contributed by atoms with Gasteiger partial charge in [-0.3, -0.25) is 0 Å². The zero-order valence-corrected chi connectivity index (χ0v) is 15.6. The Kier molecular flexibility index (Phi) is 5.24. The predicted molar refractivity (Wildman–Crippen MR) is 105 cm³/mol. The summed E-state index contributed by atoms with van der Waals surface area (Å²) in [5.41, 5.74) is 4.82. The van der Waals surface area contributed by atoms with Gasteiger partial charge in [0.25, 0.3) is 0 Å². The molecule has 2 aromatic carbocycles. The van der Waals surface area contributed by atoms with Crippen molar-refractivity contribution in [2.24, 2.45) is 0 Å². The minimum atomic E-state index is 0.588. The molecule has 0 spiro atoms. The van der Waals surface area contributed by atoms with Crippen molar-refractivity contribution in [3.63, 3.8) is 0 Å². The summed E-state index contributed by atoms with van der Waals surface area (Å²) in [6.45, 7) is 2.13. The Morgan fingerprint density at radius 3 is 2.71 bits per heavy atom. The monoisotopic (exact) mass is 394 g/mol. The third-order valence-electron chi connectivity index (χ3n) is 3.67. The highest BCUT2D eigenvalue weighted by molar-refractivity contribution is 9.10. The SMILES string of the molecule is CCc1ccc(/C=C(/C#N)c2nc(-c3cccc(Br)c3)cs2)cc1. The van der Waals surface area contributed by atoms with Crippen LogP contribution in [0, 0.1) is 11.3 Å². The van der Waals surface area contributed by atoms with Crippen molar-refractivity contribution >= 4 is 38.9 Å². The molecule has 24 heavy (non-hydrogen) atoms. The van der Waals surface area contributed by atoms with Crippen LogP contribution in [0.5, 0.6) is 0 Å². The van der Waals surface area contributed by atoms with Gasteiger partial charge in [0.1, 0.15) is 11.1 Å². The van der Waals surface area contributed by atoms with Crippen molar-refractivity contribution in [1.29, 1.82) is 5.26 Å². The molecule has 0 saturated heterocycles. The van der Waals surface area contributed by atoms with E-state index in [2.05, 4.69) is 46.0 Å². The van der Waals surface area contributed by atoms with E-state index in [-0.39, 0.29) is 0 Å². The van der Waals surface area contributed by atoms with Crippen LogP contribution in [0.2, 0.25) is 0 Å². The first-order valence-corrected chi connectivity index (χ1v) is 9.29. The molecule has 0 amide bonds. The molecule has 0 aliphatic heterocycles. The van der Waals surface area contributed by atoms with Crippen LogP contribution in [-0.4, -0.2) is 4.98 Å². The van der Waals surface area contributed by atoms with Gasteiger partial charge in [0.2, 0.25) is 0 Å². The van der Waals surface area contributed by atoms with Crippen molar-refractivity contribution in [3.05, 3.63) is 74.5 Å². The zero-order valence-electron chi connectivity index (χ0n) is 13.2. The van der Waals surface area contributed by atoms with Crippen molar-refractivity contribution in [2.45, 2.75) is 13.3 Å². The van der Waals surface area contributed by atoms with Crippen LogP contribution < -0.4 is 0 Å². The van der Waals surface area contributed by atoms with Crippen LogP contribution in [0.25, 0.3) is 22.9 Å². The third-order valence-corrected chi connectivity index (χ3v) is 5.04. The first-order chi connectivity index (χ1) is 11.7. The normalized spacial score (nSPS) is 11.3. The van der Waals surface area contributed by atoms with Gasteiger partial charge >= 0.3 is 0 Å². The van der Waals surface area contributed by atoms with Crippen molar-refractivity contribution in [3.8, 4) is 17.3 Å². The van der Waals surface area contributed by atoms with Crippen LogP contribution in [0.3, 0.4) is 0 Å². The molecule has 0 bridgehead atoms. The maximum absolute atomic E-state index is 9.51. The number of benzene rings is 2. The molecule has 1 heterocycles. The highest BCUT2D eigenvalue weighted by atomic mass is 79.9. The van der Waals surface area contributed by atoms with Crippen LogP contribution in [0.15, 0.2) is 58.4 Å². The third kappa shape index (κ3) is 3.81. The van der Waals surface area contributed by atoms with Gasteiger partial charge in [-0.25, -0.2) is 4.98 Å². The topological polar surface area (TPSA) is 36.7 Å². The van der Waals surface area contributed by atoms with Crippen LogP contribution in [-0.2, 0) is 6.42 Å². The Morgan fingerprint density at radius 2 is 2.04 bits per heavy atom. The maximum atomic E-state index is 9.51. The fraction of sp³-hybridized carbons (Fsp3) is 0.100. The second-order valence-electron chi connectivity index (χ2n) is 5.31. The van der Waals surface area contributed by atoms with E-state index in [1.54, 1.807) is 0 Å². The minimum Gasteiger partial charge on any atom is -0.235 e. The first-order valence-electron chi connectivity index (χ1n) is 7.62. The highest BCUT2D eigenvalue weighted by Crippen LogP contribution is 2.28. The molecule has 3 rings (SSSR count). The summed E-state index contributed by atoms with van der Waals surface area (Å²) in [6.07, 6.45) is 2.90. The van der Waals surface area contributed by atoms with Gasteiger partial charge < -0.3 is 0 Å². The number of rotatable bonds is 4. The van der Waals surface area contributed by atoms with Crippen LogP contribution in [0.1, 0.15) is 23.1 Å². The Labute approximate surface area is 154 Å². The first kappa shape index (κ1) is 16.6.